The van der Waals surface area contributed by atoms with Crippen LogP contribution in [0.4, 0.5) is 5.69 Å². The molecular weight excluding hydrogens is 330 g/mol. The molecule has 2 rings (SSSR count). The van der Waals surface area contributed by atoms with Crippen LogP contribution in [0.5, 0.6) is 0 Å². The van der Waals surface area contributed by atoms with Crippen LogP contribution in [0.2, 0.25) is 0 Å². The number of amides is 1. The molecule has 0 bridgehead atoms. The van der Waals surface area contributed by atoms with Gasteiger partial charge in [-0.2, -0.15) is 11.3 Å². The van der Waals surface area contributed by atoms with E-state index in [1.165, 1.54) is 11.3 Å². The van der Waals surface area contributed by atoms with Crippen LogP contribution in [-0.4, -0.2) is 18.5 Å². The Kier molecular flexibility index (Phi) is 4.70. The Bertz CT molecular complexity index is 566. The van der Waals surface area contributed by atoms with Gasteiger partial charge in [-0.25, -0.2) is 4.79 Å². The molecule has 1 heterocycles. The number of nitrogens with one attached hydrogen (secondary N) is 1. The third-order valence-electron chi connectivity index (χ3n) is 2.22. The maximum absolute atomic E-state index is 11.6. The average Bonchev–Trinajstić information content (AvgIpc) is 2.93. The van der Waals surface area contributed by atoms with Crippen LogP contribution in [0, 0.1) is 0 Å². The zero-order chi connectivity index (χ0) is 13.7. The number of hydrogen-bond donors (Lipinski definition) is 1. The molecule has 2 aromatic rings. The summed E-state index contributed by atoms with van der Waals surface area (Å²) in [5.41, 5.74) is 1.11. The fourth-order valence-electron chi connectivity index (χ4n) is 1.33. The summed E-state index contributed by atoms with van der Waals surface area (Å²) >= 11 is 4.70. The molecule has 6 heteroatoms. The van der Waals surface area contributed by atoms with Crippen LogP contribution in [0.3, 0.4) is 0 Å². The van der Waals surface area contributed by atoms with Gasteiger partial charge in [0.1, 0.15) is 0 Å². The van der Waals surface area contributed by atoms with Gasteiger partial charge in [0.05, 0.1) is 5.56 Å². The van der Waals surface area contributed by atoms with Gasteiger partial charge < -0.3 is 10.1 Å². The molecule has 0 radical (unpaired) electrons. The summed E-state index contributed by atoms with van der Waals surface area (Å²) in [5.74, 6) is -0.863. The monoisotopic (exact) mass is 339 g/mol. The summed E-state index contributed by atoms with van der Waals surface area (Å²) in [6.45, 7) is -0.301. The first kappa shape index (κ1) is 13.8. The quantitative estimate of drug-likeness (QED) is 0.869. The third kappa shape index (κ3) is 4.18. The number of thiophene rings is 1. The first-order valence-corrected chi connectivity index (χ1v) is 7.13. The van der Waals surface area contributed by atoms with Crippen molar-refractivity contribution in [1.29, 1.82) is 0 Å². The molecule has 1 aromatic carbocycles. The Hall–Kier alpha value is -1.66. The van der Waals surface area contributed by atoms with Crippen molar-refractivity contribution in [1.82, 2.24) is 0 Å². The Balaban J connectivity index is 1.82. The highest BCUT2D eigenvalue weighted by atomic mass is 79.9. The molecule has 4 nitrogen and oxygen atoms in total. The summed E-state index contributed by atoms with van der Waals surface area (Å²) in [6.07, 6.45) is 0. The van der Waals surface area contributed by atoms with Gasteiger partial charge >= 0.3 is 5.97 Å². The van der Waals surface area contributed by atoms with Crippen LogP contribution in [0.1, 0.15) is 10.4 Å². The number of carbonyl (C=O) groups is 2. The third-order valence-corrected chi connectivity index (χ3v) is 3.43. The van der Waals surface area contributed by atoms with Crippen molar-refractivity contribution >= 4 is 44.8 Å². The highest BCUT2D eigenvalue weighted by molar-refractivity contribution is 9.10. The second-order valence-electron chi connectivity index (χ2n) is 3.64. The molecule has 1 amide bonds. The normalized spacial score (nSPS) is 9.95. The zero-order valence-electron chi connectivity index (χ0n) is 9.76. The number of rotatable bonds is 4. The Morgan fingerprint density at radius 3 is 2.58 bits per heavy atom. The van der Waals surface area contributed by atoms with Crippen LogP contribution >= 0.6 is 27.3 Å². The average molecular weight is 340 g/mol. The number of hydrogen-bond acceptors (Lipinski definition) is 4. The van der Waals surface area contributed by atoms with E-state index in [1.807, 2.05) is 12.1 Å². The van der Waals surface area contributed by atoms with E-state index in [4.69, 9.17) is 4.74 Å². The molecule has 0 unspecified atom stereocenters. The highest BCUT2D eigenvalue weighted by Crippen LogP contribution is 2.14. The van der Waals surface area contributed by atoms with E-state index < -0.39 is 5.97 Å². The van der Waals surface area contributed by atoms with Crippen molar-refractivity contribution in [3.63, 3.8) is 0 Å². The summed E-state index contributed by atoms with van der Waals surface area (Å²) < 4.78 is 5.82. The molecule has 19 heavy (non-hydrogen) atoms. The number of benzene rings is 1. The first-order valence-electron chi connectivity index (χ1n) is 5.40. The maximum atomic E-state index is 11.6. The van der Waals surface area contributed by atoms with E-state index in [9.17, 15) is 9.59 Å². The molecular formula is C13H10BrNO3S. The molecule has 1 N–H and O–H groups in total. The smallest absolute Gasteiger partial charge is 0.339 e. The van der Waals surface area contributed by atoms with Crippen molar-refractivity contribution in [2.45, 2.75) is 0 Å². The van der Waals surface area contributed by atoms with Crippen molar-refractivity contribution in [3.8, 4) is 0 Å². The molecule has 0 saturated heterocycles. The van der Waals surface area contributed by atoms with Gasteiger partial charge in [-0.3, -0.25) is 4.79 Å². The SMILES string of the molecule is O=C(COC(=O)c1ccsc1)Nc1ccc(Br)cc1. The highest BCUT2D eigenvalue weighted by Gasteiger charge is 2.10. The fourth-order valence-corrected chi connectivity index (χ4v) is 2.21. The van der Waals surface area contributed by atoms with E-state index in [-0.39, 0.29) is 12.5 Å². The molecule has 0 aliphatic rings. The first-order chi connectivity index (χ1) is 9.15. The Morgan fingerprint density at radius 2 is 1.95 bits per heavy atom. The molecule has 0 fully saturated rings. The maximum Gasteiger partial charge on any atom is 0.339 e. The van der Waals surface area contributed by atoms with E-state index in [2.05, 4.69) is 21.2 Å². The van der Waals surface area contributed by atoms with E-state index in [1.54, 1.807) is 29.0 Å². The van der Waals surface area contributed by atoms with Gasteiger partial charge in [0, 0.05) is 15.5 Å². The topological polar surface area (TPSA) is 55.4 Å². The van der Waals surface area contributed by atoms with Crippen LogP contribution in [0.25, 0.3) is 0 Å². The van der Waals surface area contributed by atoms with E-state index >= 15 is 0 Å². The van der Waals surface area contributed by atoms with Gasteiger partial charge in [0.2, 0.25) is 0 Å². The van der Waals surface area contributed by atoms with Gasteiger partial charge in [0.25, 0.3) is 5.91 Å². The molecule has 0 aliphatic carbocycles. The predicted molar refractivity (Wildman–Crippen MR) is 77.4 cm³/mol. The van der Waals surface area contributed by atoms with E-state index in [0.29, 0.717) is 11.3 Å². The van der Waals surface area contributed by atoms with Crippen LogP contribution in [0.15, 0.2) is 45.6 Å². The Morgan fingerprint density at radius 1 is 1.21 bits per heavy atom. The molecule has 0 spiro atoms. The molecule has 0 aliphatic heterocycles. The molecule has 0 atom stereocenters. The van der Waals surface area contributed by atoms with E-state index in [0.717, 1.165) is 4.47 Å². The largest absolute Gasteiger partial charge is 0.452 e. The van der Waals surface area contributed by atoms with Gasteiger partial charge in [-0.1, -0.05) is 15.9 Å². The summed E-state index contributed by atoms with van der Waals surface area (Å²) in [7, 11) is 0. The standard InChI is InChI=1S/C13H10BrNO3S/c14-10-1-3-11(4-2-10)15-12(16)7-18-13(17)9-5-6-19-8-9/h1-6,8H,7H2,(H,15,16). The van der Waals surface area contributed by atoms with Crippen LogP contribution < -0.4 is 5.32 Å². The lowest BCUT2D eigenvalue weighted by molar-refractivity contribution is -0.119. The Labute approximate surface area is 122 Å². The lowest BCUT2D eigenvalue weighted by atomic mass is 10.3. The number of esters is 1. The lowest BCUT2D eigenvalue weighted by Gasteiger charge is -2.06. The van der Waals surface area contributed by atoms with Gasteiger partial charge in [-0.15, -0.1) is 0 Å². The summed E-state index contributed by atoms with van der Waals surface area (Å²) in [6, 6.07) is 8.78. The molecule has 0 saturated carbocycles. The van der Waals surface area contributed by atoms with Gasteiger partial charge in [-0.05, 0) is 35.7 Å². The number of halogens is 1. The van der Waals surface area contributed by atoms with Crippen molar-refractivity contribution in [2.75, 3.05) is 11.9 Å². The second kappa shape index (κ2) is 6.49. The van der Waals surface area contributed by atoms with Crippen molar-refractivity contribution < 1.29 is 14.3 Å². The number of ether oxygens (including phenoxy) is 1. The second-order valence-corrected chi connectivity index (χ2v) is 5.34. The summed E-state index contributed by atoms with van der Waals surface area (Å²) in [5, 5.41) is 6.09. The fraction of sp³-hybridized carbons (Fsp3) is 0.0769. The lowest BCUT2D eigenvalue weighted by Crippen LogP contribution is -2.20. The minimum absolute atomic E-state index is 0.301. The minimum Gasteiger partial charge on any atom is -0.452 e. The van der Waals surface area contributed by atoms with Gasteiger partial charge in [0.15, 0.2) is 6.61 Å². The van der Waals surface area contributed by atoms with Crippen molar-refractivity contribution in [3.05, 3.63) is 51.1 Å². The molecule has 98 valence electrons. The molecule has 1 aromatic heterocycles. The minimum atomic E-state index is -0.493. The number of carbonyl (C=O) groups excluding carboxylic acids is 2. The zero-order valence-corrected chi connectivity index (χ0v) is 12.2. The summed E-state index contributed by atoms with van der Waals surface area (Å²) in [4.78, 5) is 23.1. The van der Waals surface area contributed by atoms with Crippen molar-refractivity contribution in [2.24, 2.45) is 0 Å². The van der Waals surface area contributed by atoms with Crippen LogP contribution in [-0.2, 0) is 9.53 Å². The predicted octanol–water partition coefficient (Wildman–Crippen LogP) is 3.31. The number of anilines is 1.